The van der Waals surface area contributed by atoms with Gasteiger partial charge in [0.15, 0.2) is 0 Å². The van der Waals surface area contributed by atoms with E-state index in [1.807, 2.05) is 30.5 Å². The summed E-state index contributed by atoms with van der Waals surface area (Å²) >= 11 is 0. The fraction of sp³-hybridized carbons (Fsp3) is 0.412. The Labute approximate surface area is 139 Å². The molecular formula is C17H20N6O. The third-order valence-corrected chi connectivity index (χ3v) is 4.47. The topological polar surface area (TPSA) is 68.8 Å². The van der Waals surface area contributed by atoms with Gasteiger partial charge in [0, 0.05) is 19.3 Å². The summed E-state index contributed by atoms with van der Waals surface area (Å²) in [6.45, 7) is 4.28. The number of hydrogen-bond donors (Lipinski definition) is 0. The standard InChI is InChI=1S/C17H20N6O/c24-17-15-5-1-2-6-16(15)18-13-22(17)9-10-23-12-14(19-20-23)11-21-7-3-4-8-21/h1-2,5-6,12-13H,3-4,7-11H2. The van der Waals surface area contributed by atoms with Crippen LogP contribution in [0, 0.1) is 0 Å². The maximum atomic E-state index is 12.5. The number of nitrogens with zero attached hydrogens (tertiary/aromatic N) is 6. The van der Waals surface area contributed by atoms with Crippen molar-refractivity contribution in [1.82, 2.24) is 29.4 Å². The van der Waals surface area contributed by atoms with Crippen LogP contribution >= 0.6 is 0 Å². The van der Waals surface area contributed by atoms with Gasteiger partial charge in [-0.1, -0.05) is 17.3 Å². The van der Waals surface area contributed by atoms with Gasteiger partial charge in [0.05, 0.1) is 29.5 Å². The van der Waals surface area contributed by atoms with Crippen molar-refractivity contribution in [3.05, 3.63) is 52.8 Å². The lowest BCUT2D eigenvalue weighted by atomic mass is 10.2. The molecule has 1 aromatic carbocycles. The molecule has 7 heteroatoms. The highest BCUT2D eigenvalue weighted by molar-refractivity contribution is 5.76. The van der Waals surface area contributed by atoms with Crippen molar-refractivity contribution in [2.45, 2.75) is 32.5 Å². The van der Waals surface area contributed by atoms with Crippen LogP contribution in [0.4, 0.5) is 0 Å². The highest BCUT2D eigenvalue weighted by atomic mass is 16.1. The second kappa shape index (κ2) is 6.52. The summed E-state index contributed by atoms with van der Waals surface area (Å²) in [6.07, 6.45) is 6.11. The van der Waals surface area contributed by atoms with E-state index in [2.05, 4.69) is 20.2 Å². The smallest absolute Gasteiger partial charge is 0.261 e. The monoisotopic (exact) mass is 324 g/mol. The molecule has 0 N–H and O–H groups in total. The van der Waals surface area contributed by atoms with Crippen LogP contribution in [0.15, 0.2) is 41.6 Å². The number of aryl methyl sites for hydroxylation is 2. The molecule has 24 heavy (non-hydrogen) atoms. The van der Waals surface area contributed by atoms with Crippen molar-refractivity contribution in [2.24, 2.45) is 0 Å². The van der Waals surface area contributed by atoms with Gasteiger partial charge in [0.1, 0.15) is 0 Å². The van der Waals surface area contributed by atoms with E-state index in [1.54, 1.807) is 15.6 Å². The molecule has 3 aromatic rings. The summed E-state index contributed by atoms with van der Waals surface area (Å²) in [6, 6.07) is 7.40. The molecule has 1 fully saturated rings. The minimum Gasteiger partial charge on any atom is -0.297 e. The van der Waals surface area contributed by atoms with Crippen LogP contribution in [-0.4, -0.2) is 42.5 Å². The van der Waals surface area contributed by atoms with Crippen molar-refractivity contribution >= 4 is 10.9 Å². The Kier molecular flexibility index (Phi) is 4.08. The number of para-hydroxylation sites is 1. The number of benzene rings is 1. The summed E-state index contributed by atoms with van der Waals surface area (Å²) in [7, 11) is 0. The van der Waals surface area contributed by atoms with Gasteiger partial charge >= 0.3 is 0 Å². The van der Waals surface area contributed by atoms with E-state index in [9.17, 15) is 4.79 Å². The van der Waals surface area contributed by atoms with E-state index in [1.165, 1.54) is 12.8 Å². The lowest BCUT2D eigenvalue weighted by Gasteiger charge is -2.11. The number of hydrogen-bond acceptors (Lipinski definition) is 5. The molecule has 0 unspecified atom stereocenters. The largest absolute Gasteiger partial charge is 0.297 e. The Morgan fingerprint density at radius 2 is 1.92 bits per heavy atom. The molecule has 3 heterocycles. The van der Waals surface area contributed by atoms with Gasteiger partial charge in [-0.25, -0.2) is 4.98 Å². The number of aromatic nitrogens is 5. The van der Waals surface area contributed by atoms with Crippen molar-refractivity contribution in [1.29, 1.82) is 0 Å². The van der Waals surface area contributed by atoms with Gasteiger partial charge in [-0.3, -0.25) is 18.9 Å². The Morgan fingerprint density at radius 3 is 2.79 bits per heavy atom. The molecule has 4 rings (SSSR count). The quantitative estimate of drug-likeness (QED) is 0.707. The van der Waals surface area contributed by atoms with Gasteiger partial charge in [0.25, 0.3) is 5.56 Å². The summed E-state index contributed by atoms with van der Waals surface area (Å²) in [5.74, 6) is 0. The molecule has 0 spiro atoms. The highest BCUT2D eigenvalue weighted by Gasteiger charge is 2.13. The van der Waals surface area contributed by atoms with Crippen molar-refractivity contribution in [2.75, 3.05) is 13.1 Å². The van der Waals surface area contributed by atoms with Crippen molar-refractivity contribution in [3.8, 4) is 0 Å². The minimum atomic E-state index is -0.0157. The average molecular weight is 324 g/mol. The molecule has 2 aromatic heterocycles. The molecule has 0 atom stereocenters. The minimum absolute atomic E-state index is 0.0157. The third-order valence-electron chi connectivity index (χ3n) is 4.47. The van der Waals surface area contributed by atoms with Crippen molar-refractivity contribution in [3.63, 3.8) is 0 Å². The van der Waals surface area contributed by atoms with E-state index in [0.717, 1.165) is 30.8 Å². The van der Waals surface area contributed by atoms with Crippen LogP contribution in [0.5, 0.6) is 0 Å². The Balaban J connectivity index is 1.44. The first-order valence-corrected chi connectivity index (χ1v) is 8.35. The Bertz CT molecular complexity index is 893. The lowest BCUT2D eigenvalue weighted by molar-refractivity contribution is 0.327. The van der Waals surface area contributed by atoms with Crippen LogP contribution < -0.4 is 5.56 Å². The predicted molar refractivity (Wildman–Crippen MR) is 90.5 cm³/mol. The van der Waals surface area contributed by atoms with Gasteiger partial charge < -0.3 is 0 Å². The van der Waals surface area contributed by atoms with Gasteiger partial charge in [-0.2, -0.15) is 0 Å². The van der Waals surface area contributed by atoms with Crippen LogP contribution in [0.1, 0.15) is 18.5 Å². The van der Waals surface area contributed by atoms with E-state index >= 15 is 0 Å². The average Bonchev–Trinajstić information content (AvgIpc) is 3.27. The molecule has 0 radical (unpaired) electrons. The molecule has 7 nitrogen and oxygen atoms in total. The summed E-state index contributed by atoms with van der Waals surface area (Å²) in [5, 5.41) is 9.05. The molecule has 0 amide bonds. The van der Waals surface area contributed by atoms with Crippen LogP contribution in [0.2, 0.25) is 0 Å². The first-order chi connectivity index (χ1) is 11.8. The van der Waals surface area contributed by atoms with Gasteiger partial charge in [-0.15, -0.1) is 5.10 Å². The maximum absolute atomic E-state index is 12.5. The third kappa shape index (κ3) is 3.07. The first kappa shape index (κ1) is 15.0. The zero-order valence-electron chi connectivity index (χ0n) is 13.5. The van der Waals surface area contributed by atoms with Gasteiger partial charge in [0.2, 0.25) is 0 Å². The molecule has 0 aliphatic carbocycles. The predicted octanol–water partition coefficient (Wildman–Crippen LogP) is 1.28. The van der Waals surface area contributed by atoms with E-state index in [-0.39, 0.29) is 5.56 Å². The molecule has 0 saturated carbocycles. The Hall–Kier alpha value is -2.54. The zero-order valence-corrected chi connectivity index (χ0v) is 13.5. The summed E-state index contributed by atoms with van der Waals surface area (Å²) in [5.41, 5.74) is 1.70. The highest BCUT2D eigenvalue weighted by Crippen LogP contribution is 2.10. The fourth-order valence-corrected chi connectivity index (χ4v) is 3.17. The second-order valence-corrected chi connectivity index (χ2v) is 6.22. The van der Waals surface area contributed by atoms with E-state index in [4.69, 9.17) is 0 Å². The summed E-state index contributed by atoms with van der Waals surface area (Å²) < 4.78 is 3.43. The molecule has 1 saturated heterocycles. The van der Waals surface area contributed by atoms with E-state index in [0.29, 0.717) is 18.5 Å². The van der Waals surface area contributed by atoms with Crippen molar-refractivity contribution < 1.29 is 0 Å². The van der Waals surface area contributed by atoms with Crippen LogP contribution in [0.3, 0.4) is 0 Å². The molecule has 0 bridgehead atoms. The van der Waals surface area contributed by atoms with Crippen LogP contribution in [-0.2, 0) is 19.6 Å². The molecular weight excluding hydrogens is 304 g/mol. The molecule has 1 aliphatic rings. The fourth-order valence-electron chi connectivity index (χ4n) is 3.17. The van der Waals surface area contributed by atoms with Crippen LogP contribution in [0.25, 0.3) is 10.9 Å². The maximum Gasteiger partial charge on any atom is 0.261 e. The van der Waals surface area contributed by atoms with E-state index < -0.39 is 0 Å². The molecule has 124 valence electrons. The number of fused-ring (bicyclic) bond motifs is 1. The lowest BCUT2D eigenvalue weighted by Crippen LogP contribution is -2.23. The number of rotatable bonds is 5. The Morgan fingerprint density at radius 1 is 1.08 bits per heavy atom. The number of likely N-dealkylation sites (tertiary alicyclic amines) is 1. The second-order valence-electron chi connectivity index (χ2n) is 6.22. The normalized spacial score (nSPS) is 15.3. The molecule has 1 aliphatic heterocycles. The zero-order chi connectivity index (χ0) is 16.4. The van der Waals surface area contributed by atoms with Gasteiger partial charge in [-0.05, 0) is 38.1 Å². The first-order valence-electron chi connectivity index (χ1n) is 8.35. The summed E-state index contributed by atoms with van der Waals surface area (Å²) in [4.78, 5) is 19.2. The SMILES string of the molecule is O=c1c2ccccc2ncn1CCn1cc(CN2CCCC2)nn1.